The van der Waals surface area contributed by atoms with E-state index in [0.717, 1.165) is 10.9 Å². The van der Waals surface area contributed by atoms with Gasteiger partial charge in [-0.15, -0.1) is 0 Å². The van der Waals surface area contributed by atoms with Gasteiger partial charge in [0.05, 0.1) is 10.5 Å². The van der Waals surface area contributed by atoms with Gasteiger partial charge in [-0.25, -0.2) is 0 Å². The minimum Gasteiger partial charge on any atom is -0.480 e. The smallest absolute Gasteiger partial charge is 0.325 e. The van der Waals surface area contributed by atoms with Crippen molar-refractivity contribution in [2.75, 3.05) is 0 Å². The predicted octanol–water partition coefficient (Wildman–Crippen LogP) is 1.91. The summed E-state index contributed by atoms with van der Waals surface area (Å²) in [6.45, 7) is 0. The van der Waals surface area contributed by atoms with Crippen LogP contribution in [0.5, 0.6) is 0 Å². The number of aliphatic carboxylic acids is 1. The van der Waals surface area contributed by atoms with Crippen molar-refractivity contribution in [1.82, 2.24) is 4.98 Å². The molecule has 1 unspecified atom stereocenters. The Morgan fingerprint density at radius 2 is 2.27 bits per heavy atom. The van der Waals surface area contributed by atoms with Gasteiger partial charge in [0.2, 0.25) is 0 Å². The van der Waals surface area contributed by atoms with Crippen LogP contribution in [0.2, 0.25) is 5.02 Å². The molecule has 5 heteroatoms. The van der Waals surface area contributed by atoms with E-state index in [0.29, 0.717) is 10.6 Å². The summed E-state index contributed by atoms with van der Waals surface area (Å²) in [5.41, 5.74) is 6.79. The minimum atomic E-state index is -1.07. The maximum atomic E-state index is 10.7. The van der Waals surface area contributed by atoms with Gasteiger partial charge >= 0.3 is 5.97 Å². The lowest BCUT2D eigenvalue weighted by Gasteiger charge is -2.07. The highest BCUT2D eigenvalue weighted by molar-refractivity contribution is 6.35. The number of hydrogen-bond donors (Lipinski definition) is 3. The molecule has 0 saturated heterocycles. The fourth-order valence-corrected chi connectivity index (χ4v) is 1.76. The molecule has 15 heavy (non-hydrogen) atoms. The second-order valence-corrected chi connectivity index (χ2v) is 3.67. The number of rotatable bonds is 2. The molecule has 1 aromatic heterocycles. The molecule has 4 N–H and O–H groups in total. The summed E-state index contributed by atoms with van der Waals surface area (Å²) in [6.07, 6.45) is 1.74. The van der Waals surface area contributed by atoms with Crippen molar-refractivity contribution >= 4 is 28.5 Å². The highest BCUT2D eigenvalue weighted by Crippen LogP contribution is 2.26. The van der Waals surface area contributed by atoms with E-state index in [1.165, 1.54) is 0 Å². The number of nitrogens with one attached hydrogen (secondary N) is 1. The SMILES string of the molecule is NC(C(=O)O)c1cc(Cl)c2[nH]ccc2c1. The molecule has 1 heterocycles. The van der Waals surface area contributed by atoms with Crippen molar-refractivity contribution in [3.8, 4) is 0 Å². The monoisotopic (exact) mass is 224 g/mol. The first-order chi connectivity index (χ1) is 7.09. The van der Waals surface area contributed by atoms with E-state index < -0.39 is 12.0 Å². The molecule has 0 aliphatic rings. The van der Waals surface area contributed by atoms with Crippen molar-refractivity contribution in [3.05, 3.63) is 35.0 Å². The summed E-state index contributed by atoms with van der Waals surface area (Å²) in [6, 6.07) is 4.07. The average molecular weight is 225 g/mol. The van der Waals surface area contributed by atoms with E-state index in [-0.39, 0.29) is 0 Å². The number of aromatic amines is 1. The zero-order valence-corrected chi connectivity index (χ0v) is 8.45. The number of fused-ring (bicyclic) bond motifs is 1. The molecule has 0 aliphatic heterocycles. The first-order valence-corrected chi connectivity index (χ1v) is 4.72. The molecular weight excluding hydrogens is 216 g/mol. The summed E-state index contributed by atoms with van der Waals surface area (Å²) >= 11 is 5.97. The predicted molar refractivity (Wildman–Crippen MR) is 57.9 cm³/mol. The van der Waals surface area contributed by atoms with Crippen LogP contribution in [-0.2, 0) is 4.79 Å². The topological polar surface area (TPSA) is 79.1 Å². The van der Waals surface area contributed by atoms with Crippen LogP contribution in [0.1, 0.15) is 11.6 Å². The molecule has 4 nitrogen and oxygen atoms in total. The normalized spacial score (nSPS) is 12.9. The number of H-pyrrole nitrogens is 1. The Kier molecular flexibility index (Phi) is 2.38. The van der Waals surface area contributed by atoms with Crippen molar-refractivity contribution < 1.29 is 9.90 Å². The lowest BCUT2D eigenvalue weighted by Crippen LogP contribution is -2.20. The fraction of sp³-hybridized carbons (Fsp3) is 0.100. The Labute approximate surface area is 90.7 Å². The number of aromatic nitrogens is 1. The van der Waals surface area contributed by atoms with Crippen LogP contribution in [0.15, 0.2) is 24.4 Å². The minimum absolute atomic E-state index is 0.476. The molecule has 1 atom stereocenters. The molecular formula is C10H9ClN2O2. The van der Waals surface area contributed by atoms with Gasteiger partial charge in [0, 0.05) is 11.6 Å². The van der Waals surface area contributed by atoms with Gasteiger partial charge in [0.15, 0.2) is 0 Å². The highest BCUT2D eigenvalue weighted by Gasteiger charge is 2.16. The van der Waals surface area contributed by atoms with Gasteiger partial charge < -0.3 is 15.8 Å². The Balaban J connectivity index is 2.58. The number of benzene rings is 1. The zero-order valence-electron chi connectivity index (χ0n) is 7.70. The van der Waals surface area contributed by atoms with Crippen molar-refractivity contribution in [1.29, 1.82) is 0 Å². The van der Waals surface area contributed by atoms with E-state index in [9.17, 15) is 4.79 Å². The lowest BCUT2D eigenvalue weighted by molar-refractivity contribution is -0.138. The Morgan fingerprint density at radius 1 is 1.53 bits per heavy atom. The number of hydrogen-bond acceptors (Lipinski definition) is 2. The maximum absolute atomic E-state index is 10.7. The molecule has 78 valence electrons. The van der Waals surface area contributed by atoms with Crippen molar-refractivity contribution in [2.45, 2.75) is 6.04 Å². The van der Waals surface area contributed by atoms with Crippen LogP contribution in [0.3, 0.4) is 0 Å². The lowest BCUT2D eigenvalue weighted by atomic mass is 10.1. The molecule has 1 aromatic carbocycles. The number of carboxylic acids is 1. The zero-order chi connectivity index (χ0) is 11.0. The number of nitrogens with two attached hydrogens (primary N) is 1. The van der Waals surface area contributed by atoms with Crippen LogP contribution >= 0.6 is 11.6 Å². The van der Waals surface area contributed by atoms with Crippen LogP contribution in [0.4, 0.5) is 0 Å². The van der Waals surface area contributed by atoms with Gasteiger partial charge in [-0.2, -0.15) is 0 Å². The second-order valence-electron chi connectivity index (χ2n) is 3.26. The summed E-state index contributed by atoms with van der Waals surface area (Å²) in [5.74, 6) is -1.07. The molecule has 0 amide bonds. The number of carbonyl (C=O) groups is 1. The standard InChI is InChI=1S/C10H9ClN2O2/c11-7-4-6(8(12)10(14)15)3-5-1-2-13-9(5)7/h1-4,8,13H,12H2,(H,14,15). The van der Waals surface area contributed by atoms with Crippen LogP contribution in [0, 0.1) is 0 Å². The Morgan fingerprint density at radius 3 is 2.93 bits per heavy atom. The first-order valence-electron chi connectivity index (χ1n) is 4.34. The number of halogens is 1. The van der Waals surface area contributed by atoms with Crippen LogP contribution in [0.25, 0.3) is 10.9 Å². The fourth-order valence-electron chi connectivity index (χ4n) is 1.47. The molecule has 0 radical (unpaired) electrons. The second kappa shape index (κ2) is 3.56. The third kappa shape index (κ3) is 1.69. The first kappa shape index (κ1) is 10.0. The Bertz CT molecular complexity index is 521. The molecule has 0 bridgehead atoms. The van der Waals surface area contributed by atoms with Gasteiger partial charge in [-0.05, 0) is 23.8 Å². The Hall–Kier alpha value is -1.52. The third-order valence-corrected chi connectivity index (χ3v) is 2.56. The maximum Gasteiger partial charge on any atom is 0.325 e. The van der Waals surface area contributed by atoms with Gasteiger partial charge in [-0.1, -0.05) is 11.6 Å². The summed E-state index contributed by atoms with van der Waals surface area (Å²) in [4.78, 5) is 13.7. The van der Waals surface area contributed by atoms with E-state index in [1.807, 2.05) is 6.07 Å². The number of carboxylic acid groups (broad SMARTS) is 1. The van der Waals surface area contributed by atoms with E-state index >= 15 is 0 Å². The largest absolute Gasteiger partial charge is 0.480 e. The van der Waals surface area contributed by atoms with Gasteiger partial charge in [0.25, 0.3) is 0 Å². The summed E-state index contributed by atoms with van der Waals surface area (Å²) in [5, 5.41) is 10.1. The molecule has 0 aliphatic carbocycles. The molecule has 0 spiro atoms. The van der Waals surface area contributed by atoms with Crippen LogP contribution < -0.4 is 5.73 Å². The van der Waals surface area contributed by atoms with Crippen LogP contribution in [-0.4, -0.2) is 16.1 Å². The van der Waals surface area contributed by atoms with Crippen molar-refractivity contribution in [3.63, 3.8) is 0 Å². The molecule has 0 fully saturated rings. The van der Waals surface area contributed by atoms with Crippen molar-refractivity contribution in [2.24, 2.45) is 5.73 Å². The van der Waals surface area contributed by atoms with E-state index in [4.69, 9.17) is 22.4 Å². The summed E-state index contributed by atoms with van der Waals surface area (Å²) < 4.78 is 0. The van der Waals surface area contributed by atoms with E-state index in [2.05, 4.69) is 4.98 Å². The van der Waals surface area contributed by atoms with Gasteiger partial charge in [-0.3, -0.25) is 4.79 Å². The van der Waals surface area contributed by atoms with Gasteiger partial charge in [0.1, 0.15) is 6.04 Å². The summed E-state index contributed by atoms with van der Waals surface area (Å²) in [7, 11) is 0. The molecule has 2 rings (SSSR count). The quantitative estimate of drug-likeness (QED) is 0.729. The average Bonchev–Trinajstić information content (AvgIpc) is 2.64. The highest BCUT2D eigenvalue weighted by atomic mass is 35.5. The van der Waals surface area contributed by atoms with E-state index in [1.54, 1.807) is 18.3 Å². The molecule has 2 aromatic rings. The molecule has 0 saturated carbocycles. The third-order valence-electron chi connectivity index (χ3n) is 2.26.